The number of hydrogen-bond acceptors (Lipinski definition) is 2. The van der Waals surface area contributed by atoms with Crippen LogP contribution in [0.15, 0.2) is 54.6 Å². The molecule has 4 aromatic rings. The van der Waals surface area contributed by atoms with E-state index >= 15 is 0 Å². The topological polar surface area (TPSA) is 23.5 Å². The lowest BCUT2D eigenvalue weighted by Gasteiger charge is -2.22. The van der Waals surface area contributed by atoms with Crippen molar-refractivity contribution in [2.24, 2.45) is 0 Å². The molecule has 4 aromatic carbocycles. The average Bonchev–Trinajstić information content (AvgIpc) is 2.61. The minimum absolute atomic E-state index is 0.214. The first kappa shape index (κ1) is 15.4. The molecule has 0 aromatic heterocycles. The Bertz CT molecular complexity index is 954. The van der Waals surface area contributed by atoms with Gasteiger partial charge in [-0.1, -0.05) is 61.5 Å². The summed E-state index contributed by atoms with van der Waals surface area (Å²) in [6.45, 7) is 5.04. The highest BCUT2D eigenvalue weighted by Gasteiger charge is 2.12. The van der Waals surface area contributed by atoms with Gasteiger partial charge < -0.3 is 5.11 Å². The lowest BCUT2D eigenvalue weighted by molar-refractivity contribution is 0.191. The zero-order chi connectivity index (χ0) is 16.5. The predicted molar refractivity (Wildman–Crippen MR) is 103 cm³/mol. The van der Waals surface area contributed by atoms with Crippen molar-refractivity contribution < 1.29 is 5.11 Å². The summed E-state index contributed by atoms with van der Waals surface area (Å²) in [5.74, 6) is 0. The van der Waals surface area contributed by atoms with Crippen LogP contribution in [-0.2, 0) is 6.54 Å². The third kappa shape index (κ3) is 2.52. The smallest absolute Gasteiger partial charge is 0.0558 e. The molecule has 122 valence electrons. The number of aliphatic hydroxyl groups excluding tert-OH is 1. The second-order valence-corrected chi connectivity index (χ2v) is 6.58. The normalized spacial score (nSPS) is 12.1. The van der Waals surface area contributed by atoms with Gasteiger partial charge in [0.15, 0.2) is 0 Å². The Balaban J connectivity index is 1.90. The van der Waals surface area contributed by atoms with Gasteiger partial charge in [0.2, 0.25) is 0 Å². The molecule has 0 aliphatic rings. The van der Waals surface area contributed by atoms with Crippen molar-refractivity contribution in [3.63, 3.8) is 0 Å². The number of aliphatic hydroxyl groups is 1. The van der Waals surface area contributed by atoms with E-state index in [4.69, 9.17) is 0 Å². The zero-order valence-electron chi connectivity index (χ0n) is 14.1. The maximum Gasteiger partial charge on any atom is 0.0558 e. The summed E-state index contributed by atoms with van der Waals surface area (Å²) < 4.78 is 0. The van der Waals surface area contributed by atoms with E-state index in [1.165, 1.54) is 37.9 Å². The van der Waals surface area contributed by atoms with Gasteiger partial charge in [-0.05, 0) is 50.8 Å². The van der Waals surface area contributed by atoms with Crippen LogP contribution in [-0.4, -0.2) is 29.7 Å². The fourth-order valence-electron chi connectivity index (χ4n) is 3.90. The molecule has 0 spiro atoms. The molecule has 4 rings (SSSR count). The summed E-state index contributed by atoms with van der Waals surface area (Å²) >= 11 is 0. The van der Waals surface area contributed by atoms with Crippen LogP contribution in [0.4, 0.5) is 0 Å². The van der Waals surface area contributed by atoms with Gasteiger partial charge in [0.05, 0.1) is 6.61 Å². The molecule has 0 saturated heterocycles. The van der Waals surface area contributed by atoms with Crippen LogP contribution < -0.4 is 0 Å². The average molecular weight is 317 g/mol. The van der Waals surface area contributed by atoms with Crippen LogP contribution in [0.1, 0.15) is 18.9 Å². The van der Waals surface area contributed by atoms with Crippen LogP contribution in [0.25, 0.3) is 32.3 Å². The maximum absolute atomic E-state index is 9.33. The van der Waals surface area contributed by atoms with E-state index in [9.17, 15) is 5.11 Å². The molecule has 0 unspecified atom stereocenters. The van der Waals surface area contributed by atoms with Gasteiger partial charge in [-0.15, -0.1) is 0 Å². The van der Waals surface area contributed by atoms with Crippen molar-refractivity contribution in [2.45, 2.75) is 19.9 Å². The highest BCUT2D eigenvalue weighted by molar-refractivity contribution is 6.23. The molecule has 0 saturated carbocycles. The molecule has 0 aliphatic carbocycles. The molecule has 1 N–H and O–H groups in total. The van der Waals surface area contributed by atoms with Crippen molar-refractivity contribution in [1.29, 1.82) is 0 Å². The van der Waals surface area contributed by atoms with Crippen LogP contribution in [0.2, 0.25) is 0 Å². The first-order valence-electron chi connectivity index (χ1n) is 8.80. The van der Waals surface area contributed by atoms with Crippen molar-refractivity contribution in [1.82, 2.24) is 4.90 Å². The second-order valence-electron chi connectivity index (χ2n) is 6.58. The van der Waals surface area contributed by atoms with E-state index in [-0.39, 0.29) is 6.61 Å². The van der Waals surface area contributed by atoms with E-state index in [2.05, 4.69) is 66.4 Å². The fraction of sp³-hybridized carbons (Fsp3) is 0.273. The maximum atomic E-state index is 9.33. The Morgan fingerprint density at radius 3 is 2.17 bits per heavy atom. The van der Waals surface area contributed by atoms with Gasteiger partial charge in [0, 0.05) is 13.1 Å². The number of hydrogen-bond donors (Lipinski definition) is 1. The van der Waals surface area contributed by atoms with Crippen LogP contribution >= 0.6 is 0 Å². The lowest BCUT2D eigenvalue weighted by Crippen LogP contribution is -2.27. The summed E-state index contributed by atoms with van der Waals surface area (Å²) in [5.41, 5.74) is 1.35. The van der Waals surface area contributed by atoms with Gasteiger partial charge in [-0.3, -0.25) is 4.90 Å². The molecule has 2 nitrogen and oxygen atoms in total. The molecule has 0 bridgehead atoms. The molecule has 0 amide bonds. The Hall–Kier alpha value is -2.16. The first-order chi connectivity index (χ1) is 11.8. The summed E-state index contributed by atoms with van der Waals surface area (Å²) in [5, 5.41) is 17.4. The number of nitrogens with zero attached hydrogens (tertiary/aromatic N) is 1. The molecular formula is C22H23NO. The summed E-state index contributed by atoms with van der Waals surface area (Å²) in [7, 11) is 0. The van der Waals surface area contributed by atoms with Crippen LogP contribution in [0, 0.1) is 0 Å². The van der Waals surface area contributed by atoms with Gasteiger partial charge in [0.25, 0.3) is 0 Å². The van der Waals surface area contributed by atoms with Crippen molar-refractivity contribution >= 4 is 32.3 Å². The highest BCUT2D eigenvalue weighted by atomic mass is 16.3. The van der Waals surface area contributed by atoms with E-state index in [0.29, 0.717) is 0 Å². The standard InChI is InChI=1S/C22H23NO/c1-2-12-23(13-14-24)15-19-9-8-18-7-6-16-4-3-5-17-10-11-20(19)22(18)21(16)17/h3-11,24H,2,12-15H2,1H3. The Labute approximate surface area is 142 Å². The van der Waals surface area contributed by atoms with Gasteiger partial charge >= 0.3 is 0 Å². The third-order valence-corrected chi connectivity index (χ3v) is 4.97. The molecule has 0 radical (unpaired) electrons. The van der Waals surface area contributed by atoms with E-state index in [1.807, 2.05) is 0 Å². The number of rotatable bonds is 6. The van der Waals surface area contributed by atoms with Crippen LogP contribution in [0.3, 0.4) is 0 Å². The predicted octanol–water partition coefficient (Wildman–Crippen LogP) is 4.79. The Kier molecular flexibility index (Phi) is 4.09. The SMILES string of the molecule is CCCN(CCO)Cc1ccc2ccc3cccc4ccc1c2c34. The summed E-state index contributed by atoms with van der Waals surface area (Å²) in [6, 6.07) is 20.0. The third-order valence-electron chi connectivity index (χ3n) is 4.97. The quantitative estimate of drug-likeness (QED) is 0.517. The number of benzene rings is 4. The molecule has 0 heterocycles. The fourth-order valence-corrected chi connectivity index (χ4v) is 3.90. The van der Waals surface area contributed by atoms with Crippen molar-refractivity contribution in [3.8, 4) is 0 Å². The van der Waals surface area contributed by atoms with Crippen molar-refractivity contribution in [2.75, 3.05) is 19.7 Å². The second kappa shape index (κ2) is 6.39. The Morgan fingerprint density at radius 1 is 0.792 bits per heavy atom. The molecule has 0 aliphatic heterocycles. The van der Waals surface area contributed by atoms with Crippen LogP contribution in [0.5, 0.6) is 0 Å². The van der Waals surface area contributed by atoms with E-state index in [1.54, 1.807) is 0 Å². The highest BCUT2D eigenvalue weighted by Crippen LogP contribution is 2.36. The lowest BCUT2D eigenvalue weighted by atomic mass is 9.92. The minimum atomic E-state index is 0.214. The molecule has 2 heteroatoms. The van der Waals surface area contributed by atoms with Gasteiger partial charge in [-0.25, -0.2) is 0 Å². The van der Waals surface area contributed by atoms with E-state index < -0.39 is 0 Å². The monoisotopic (exact) mass is 317 g/mol. The minimum Gasteiger partial charge on any atom is -0.395 e. The first-order valence-corrected chi connectivity index (χ1v) is 8.80. The van der Waals surface area contributed by atoms with Gasteiger partial charge in [0.1, 0.15) is 0 Å². The van der Waals surface area contributed by atoms with E-state index in [0.717, 1.165) is 26.1 Å². The molecule has 0 atom stereocenters. The molecular weight excluding hydrogens is 294 g/mol. The zero-order valence-corrected chi connectivity index (χ0v) is 14.1. The summed E-state index contributed by atoms with van der Waals surface area (Å²) in [6.07, 6.45) is 1.10. The molecule has 0 fully saturated rings. The van der Waals surface area contributed by atoms with Crippen molar-refractivity contribution in [3.05, 3.63) is 60.2 Å². The van der Waals surface area contributed by atoms with Gasteiger partial charge in [-0.2, -0.15) is 0 Å². The Morgan fingerprint density at radius 2 is 1.46 bits per heavy atom. The molecule has 24 heavy (non-hydrogen) atoms. The summed E-state index contributed by atoms with van der Waals surface area (Å²) in [4.78, 5) is 2.34. The largest absolute Gasteiger partial charge is 0.395 e.